The van der Waals surface area contributed by atoms with Crippen LogP contribution in [0.3, 0.4) is 0 Å². The van der Waals surface area contributed by atoms with Crippen LogP contribution in [0.15, 0.2) is 0 Å². The van der Waals surface area contributed by atoms with Crippen molar-refractivity contribution in [1.29, 1.82) is 0 Å². The number of rotatable bonds is 8. The maximum atomic E-state index is 12.4. The molecule has 2 aliphatic heterocycles. The molecule has 0 aromatic heterocycles. The number of nitrogens with zero attached hydrogens (tertiary/aromatic N) is 4. The van der Waals surface area contributed by atoms with Crippen molar-refractivity contribution in [3.8, 4) is 0 Å². The smallest absolute Gasteiger partial charge is 0.347 e. The third-order valence-electron chi connectivity index (χ3n) is 5.36. The zero-order chi connectivity index (χ0) is 25.3. The zero-order valence-corrected chi connectivity index (χ0v) is 18.6. The molecule has 0 radical (unpaired) electrons. The quantitative estimate of drug-likeness (QED) is 0.196. The highest BCUT2D eigenvalue weighted by atomic mass is 16.7. The van der Waals surface area contributed by atoms with Crippen LogP contribution in [-0.2, 0) is 33.6 Å². The lowest BCUT2D eigenvalue weighted by Gasteiger charge is -2.32. The van der Waals surface area contributed by atoms with Gasteiger partial charge in [-0.05, 0) is 0 Å². The minimum absolute atomic E-state index is 0.0290. The van der Waals surface area contributed by atoms with Gasteiger partial charge in [-0.1, -0.05) is 0 Å². The maximum Gasteiger partial charge on any atom is 0.347 e. The molecule has 0 aromatic carbocycles. The SMILES string of the molecule is O=C(O)CN1CCNCCN(C(C(=O)O)C(=O)O)CCN(CC(=O)ON2C(=O)CCC2=O)CC1. The van der Waals surface area contributed by atoms with Gasteiger partial charge in [0.25, 0.3) is 11.8 Å². The Kier molecular flexibility index (Phi) is 10.3. The number of carboxylic acid groups (broad SMARTS) is 3. The van der Waals surface area contributed by atoms with Gasteiger partial charge in [-0.25, -0.2) is 14.4 Å². The number of hydroxylamine groups is 2. The first-order valence-corrected chi connectivity index (χ1v) is 10.7. The molecule has 4 N–H and O–H groups in total. The van der Waals surface area contributed by atoms with Crippen molar-refractivity contribution in [3.05, 3.63) is 0 Å². The number of nitrogens with one attached hydrogen (secondary N) is 1. The lowest BCUT2D eigenvalue weighted by atomic mass is 10.2. The van der Waals surface area contributed by atoms with E-state index in [1.807, 2.05) is 0 Å². The summed E-state index contributed by atoms with van der Waals surface area (Å²) >= 11 is 0. The molecule has 2 heterocycles. The van der Waals surface area contributed by atoms with Gasteiger partial charge in [0.15, 0.2) is 0 Å². The van der Waals surface area contributed by atoms with Crippen LogP contribution in [0.2, 0.25) is 0 Å². The highest BCUT2D eigenvalue weighted by molar-refractivity contribution is 6.01. The van der Waals surface area contributed by atoms with Crippen molar-refractivity contribution in [3.63, 3.8) is 0 Å². The summed E-state index contributed by atoms with van der Waals surface area (Å²) in [6.45, 7) is 0.894. The van der Waals surface area contributed by atoms with Gasteiger partial charge in [0, 0.05) is 65.2 Å². The van der Waals surface area contributed by atoms with Crippen molar-refractivity contribution in [1.82, 2.24) is 25.1 Å². The molecule has 0 aliphatic carbocycles. The van der Waals surface area contributed by atoms with Crippen LogP contribution in [-0.4, -0.2) is 142 Å². The Bertz CT molecular complexity index is 776. The average molecular weight is 487 g/mol. The molecule has 2 fully saturated rings. The zero-order valence-electron chi connectivity index (χ0n) is 18.6. The van der Waals surface area contributed by atoms with Crippen LogP contribution in [0.1, 0.15) is 12.8 Å². The number of carbonyl (C=O) groups is 6. The van der Waals surface area contributed by atoms with E-state index >= 15 is 0 Å². The van der Waals surface area contributed by atoms with Crippen LogP contribution in [0.4, 0.5) is 0 Å². The van der Waals surface area contributed by atoms with Crippen LogP contribution in [0.5, 0.6) is 0 Å². The molecule has 34 heavy (non-hydrogen) atoms. The maximum absolute atomic E-state index is 12.4. The Labute approximate surface area is 194 Å². The molecular weight excluding hydrogens is 458 g/mol. The summed E-state index contributed by atoms with van der Waals surface area (Å²) in [7, 11) is 0. The van der Waals surface area contributed by atoms with Gasteiger partial charge in [0.1, 0.15) is 0 Å². The van der Waals surface area contributed by atoms with E-state index in [1.165, 1.54) is 9.80 Å². The molecule has 190 valence electrons. The van der Waals surface area contributed by atoms with Gasteiger partial charge < -0.3 is 25.5 Å². The second-order valence-electron chi connectivity index (χ2n) is 7.86. The van der Waals surface area contributed by atoms with E-state index in [0.29, 0.717) is 18.2 Å². The van der Waals surface area contributed by atoms with Crippen molar-refractivity contribution in [2.45, 2.75) is 18.9 Å². The molecule has 15 nitrogen and oxygen atoms in total. The number of carbonyl (C=O) groups excluding carboxylic acids is 3. The van der Waals surface area contributed by atoms with Crippen molar-refractivity contribution in [2.75, 3.05) is 65.4 Å². The molecule has 2 saturated heterocycles. The van der Waals surface area contributed by atoms with Crippen molar-refractivity contribution in [2.24, 2.45) is 0 Å². The molecule has 0 unspecified atom stereocenters. The Morgan fingerprint density at radius 1 is 0.794 bits per heavy atom. The summed E-state index contributed by atoms with van der Waals surface area (Å²) in [5.74, 6) is -6.25. The molecule has 2 aliphatic rings. The topological polar surface area (TPSA) is 197 Å². The predicted octanol–water partition coefficient (Wildman–Crippen LogP) is -3.27. The van der Waals surface area contributed by atoms with Crippen LogP contribution >= 0.6 is 0 Å². The lowest BCUT2D eigenvalue weighted by Crippen LogP contribution is -2.53. The molecule has 15 heteroatoms. The van der Waals surface area contributed by atoms with E-state index in [0.717, 1.165) is 0 Å². The fourth-order valence-electron chi connectivity index (χ4n) is 3.63. The van der Waals surface area contributed by atoms with E-state index in [4.69, 9.17) is 9.94 Å². The first kappa shape index (κ1) is 27.1. The molecule has 0 atom stereocenters. The molecule has 0 saturated carbocycles. The van der Waals surface area contributed by atoms with Crippen molar-refractivity contribution >= 4 is 35.7 Å². The van der Waals surface area contributed by atoms with Crippen molar-refractivity contribution < 1.29 is 48.9 Å². The van der Waals surface area contributed by atoms with Gasteiger partial charge >= 0.3 is 23.9 Å². The summed E-state index contributed by atoms with van der Waals surface area (Å²) in [4.78, 5) is 79.3. The molecule has 2 amide bonds. The minimum atomic E-state index is -1.79. The third kappa shape index (κ3) is 8.33. The molecular formula is C19H29N5O10. The average Bonchev–Trinajstić information content (AvgIpc) is 3.04. The standard InChI is InChI=1S/C19H29N5O10/c25-13-1-2-14(26)24(13)34-16(29)12-22-8-7-21(11-15(27)28)5-3-20-4-6-23(10-9-22)17(18(30)31)19(32)33/h17,20H,1-12H2,(H,27,28)(H,30,31)(H,32,33). The fraction of sp³-hybridized carbons (Fsp3) is 0.684. The van der Waals surface area contributed by atoms with E-state index in [2.05, 4.69) is 5.32 Å². The number of aliphatic carboxylic acids is 3. The molecule has 0 spiro atoms. The monoisotopic (exact) mass is 487 g/mol. The normalized spacial score (nSPS) is 20.1. The lowest BCUT2D eigenvalue weighted by molar-refractivity contribution is -0.198. The first-order chi connectivity index (χ1) is 16.1. The Hall–Kier alpha value is -3.14. The number of hydrogen-bond donors (Lipinski definition) is 4. The summed E-state index contributed by atoms with van der Waals surface area (Å²) < 4.78 is 0. The van der Waals surface area contributed by atoms with Gasteiger partial charge in [0.2, 0.25) is 6.04 Å². The summed E-state index contributed by atoms with van der Waals surface area (Å²) in [5.41, 5.74) is 0. The Balaban J connectivity index is 2.13. The predicted molar refractivity (Wildman–Crippen MR) is 111 cm³/mol. The highest BCUT2D eigenvalue weighted by Gasteiger charge is 2.34. The van der Waals surface area contributed by atoms with Crippen LogP contribution in [0.25, 0.3) is 0 Å². The number of imide groups is 1. The highest BCUT2D eigenvalue weighted by Crippen LogP contribution is 2.12. The second-order valence-corrected chi connectivity index (χ2v) is 7.86. The van der Waals surface area contributed by atoms with Gasteiger partial charge in [-0.15, -0.1) is 5.06 Å². The third-order valence-corrected chi connectivity index (χ3v) is 5.36. The van der Waals surface area contributed by atoms with E-state index < -0.39 is 41.7 Å². The fourth-order valence-corrected chi connectivity index (χ4v) is 3.63. The number of hydrogen-bond acceptors (Lipinski definition) is 11. The molecule has 2 rings (SSSR count). The van der Waals surface area contributed by atoms with Crippen LogP contribution < -0.4 is 5.32 Å². The number of amides is 2. The van der Waals surface area contributed by atoms with Gasteiger partial charge in [-0.2, -0.15) is 0 Å². The molecule has 0 aromatic rings. The van der Waals surface area contributed by atoms with Gasteiger partial charge in [0.05, 0.1) is 13.1 Å². The van der Waals surface area contributed by atoms with E-state index in [1.54, 1.807) is 4.90 Å². The summed E-state index contributed by atoms with van der Waals surface area (Å²) in [6, 6.07) is -1.79. The summed E-state index contributed by atoms with van der Waals surface area (Å²) in [5, 5.41) is 31.3. The molecule has 0 bridgehead atoms. The summed E-state index contributed by atoms with van der Waals surface area (Å²) in [6.07, 6.45) is -0.122. The Morgan fingerprint density at radius 2 is 1.32 bits per heavy atom. The first-order valence-electron chi connectivity index (χ1n) is 10.7. The van der Waals surface area contributed by atoms with Gasteiger partial charge in [-0.3, -0.25) is 29.1 Å². The number of carboxylic acids is 3. The second kappa shape index (κ2) is 12.9. The van der Waals surface area contributed by atoms with Crippen LogP contribution in [0, 0.1) is 0 Å². The van der Waals surface area contributed by atoms with E-state index in [9.17, 15) is 39.0 Å². The minimum Gasteiger partial charge on any atom is -0.480 e. The van der Waals surface area contributed by atoms with E-state index in [-0.39, 0.29) is 65.2 Å². The Morgan fingerprint density at radius 3 is 1.88 bits per heavy atom. The largest absolute Gasteiger partial charge is 0.480 e.